The number of anilines is 1. The summed E-state index contributed by atoms with van der Waals surface area (Å²) in [4.78, 5) is 26.1. The summed E-state index contributed by atoms with van der Waals surface area (Å²) in [5, 5.41) is 4.95. The normalized spacial score (nSPS) is 13.8. The molecular formula is C17H15Cl2N5O. The number of hydrogen-bond donors (Lipinski definition) is 2. The maximum Gasteiger partial charge on any atom is 0.291 e. The lowest BCUT2D eigenvalue weighted by Gasteiger charge is -2.26. The van der Waals surface area contributed by atoms with Crippen molar-refractivity contribution in [1.82, 2.24) is 19.9 Å². The molecule has 128 valence electrons. The average Bonchev–Trinajstić information content (AvgIpc) is 3.03. The second kappa shape index (κ2) is 6.20. The third-order valence-electron chi connectivity index (χ3n) is 4.46. The molecular weight excluding hydrogens is 361 g/mol. The number of rotatable bonds is 2. The van der Waals surface area contributed by atoms with Crippen molar-refractivity contribution in [2.75, 3.05) is 18.9 Å². The Bertz CT molecular complexity index is 967. The van der Waals surface area contributed by atoms with Gasteiger partial charge >= 0.3 is 0 Å². The Morgan fingerprint density at radius 1 is 1.28 bits per heavy atom. The molecule has 1 aliphatic heterocycles. The van der Waals surface area contributed by atoms with Crippen LogP contribution in [0.5, 0.6) is 0 Å². The van der Waals surface area contributed by atoms with Gasteiger partial charge < -0.3 is 15.2 Å². The molecule has 4 rings (SSSR count). The standard InChI is InChI=1S/C17H15Cl2N5O/c1-20-9-6-21-16(22-7-9)17(25)24-5-4-13-11(8-24)10-2-3-12(18)14(19)15(10)23-13/h2-3,6-7,20,23H,4-5,8H2,1H3. The van der Waals surface area contributed by atoms with Crippen LogP contribution in [-0.2, 0) is 13.0 Å². The van der Waals surface area contributed by atoms with Gasteiger partial charge in [-0.15, -0.1) is 0 Å². The number of H-pyrrole nitrogens is 1. The summed E-state index contributed by atoms with van der Waals surface area (Å²) in [6.07, 6.45) is 3.92. The molecule has 8 heteroatoms. The van der Waals surface area contributed by atoms with Crippen molar-refractivity contribution in [3.8, 4) is 0 Å². The Morgan fingerprint density at radius 3 is 2.76 bits per heavy atom. The van der Waals surface area contributed by atoms with Crippen LogP contribution in [-0.4, -0.2) is 39.4 Å². The van der Waals surface area contributed by atoms with Crippen molar-refractivity contribution >= 4 is 45.7 Å². The Hall–Kier alpha value is -2.31. The van der Waals surface area contributed by atoms with Crippen LogP contribution in [0, 0.1) is 0 Å². The molecule has 0 atom stereocenters. The van der Waals surface area contributed by atoms with Crippen molar-refractivity contribution in [1.29, 1.82) is 0 Å². The van der Waals surface area contributed by atoms with Gasteiger partial charge in [-0.1, -0.05) is 29.3 Å². The maximum absolute atomic E-state index is 12.7. The summed E-state index contributed by atoms with van der Waals surface area (Å²) in [6.45, 7) is 1.09. The average molecular weight is 376 g/mol. The zero-order valence-corrected chi connectivity index (χ0v) is 14.9. The summed E-state index contributed by atoms with van der Waals surface area (Å²) < 4.78 is 0. The van der Waals surface area contributed by atoms with Crippen molar-refractivity contribution in [2.24, 2.45) is 0 Å². The number of carbonyl (C=O) groups is 1. The number of aromatic nitrogens is 3. The number of nitrogens with one attached hydrogen (secondary N) is 2. The summed E-state index contributed by atoms with van der Waals surface area (Å²) >= 11 is 12.4. The molecule has 6 nitrogen and oxygen atoms in total. The Balaban J connectivity index is 1.66. The van der Waals surface area contributed by atoms with Crippen LogP contribution in [0.3, 0.4) is 0 Å². The van der Waals surface area contributed by atoms with Crippen molar-refractivity contribution < 1.29 is 4.79 Å². The van der Waals surface area contributed by atoms with E-state index in [0.29, 0.717) is 23.1 Å². The first kappa shape index (κ1) is 16.2. The number of halogens is 2. The molecule has 0 saturated heterocycles. The lowest BCUT2D eigenvalue weighted by Crippen LogP contribution is -2.36. The first-order valence-corrected chi connectivity index (χ1v) is 8.60. The number of carbonyl (C=O) groups excluding carboxylic acids is 1. The Morgan fingerprint density at radius 2 is 2.04 bits per heavy atom. The maximum atomic E-state index is 12.7. The lowest BCUT2D eigenvalue weighted by molar-refractivity contribution is 0.0722. The first-order valence-electron chi connectivity index (χ1n) is 7.85. The number of aromatic amines is 1. The van der Waals surface area contributed by atoms with Gasteiger partial charge in [0.1, 0.15) is 0 Å². The van der Waals surface area contributed by atoms with E-state index in [1.807, 2.05) is 6.07 Å². The minimum absolute atomic E-state index is 0.178. The van der Waals surface area contributed by atoms with E-state index in [9.17, 15) is 4.79 Å². The zero-order chi connectivity index (χ0) is 17.6. The van der Waals surface area contributed by atoms with Gasteiger partial charge in [-0.25, -0.2) is 9.97 Å². The third kappa shape index (κ3) is 2.71. The van der Waals surface area contributed by atoms with Crippen LogP contribution in [0.4, 0.5) is 5.69 Å². The van der Waals surface area contributed by atoms with Gasteiger partial charge in [0.05, 0.1) is 33.6 Å². The minimum atomic E-state index is -0.178. The second-order valence-corrected chi connectivity index (χ2v) is 6.67. The predicted octanol–water partition coefficient (Wildman–Crippen LogP) is 3.50. The van der Waals surface area contributed by atoms with Gasteiger partial charge in [-0.2, -0.15) is 0 Å². The molecule has 1 aliphatic rings. The summed E-state index contributed by atoms with van der Waals surface area (Å²) in [7, 11) is 1.78. The van der Waals surface area contributed by atoms with E-state index >= 15 is 0 Å². The monoisotopic (exact) mass is 375 g/mol. The molecule has 0 aliphatic carbocycles. The van der Waals surface area contributed by atoms with E-state index in [4.69, 9.17) is 23.2 Å². The number of benzene rings is 1. The molecule has 0 radical (unpaired) electrons. The highest BCUT2D eigenvalue weighted by Gasteiger charge is 2.27. The van der Waals surface area contributed by atoms with E-state index in [2.05, 4.69) is 20.3 Å². The van der Waals surface area contributed by atoms with E-state index in [1.54, 1.807) is 30.4 Å². The SMILES string of the molecule is CNc1cnc(C(=O)N2CCc3[nH]c4c(Cl)c(Cl)ccc4c3C2)nc1. The highest BCUT2D eigenvalue weighted by atomic mass is 35.5. The summed E-state index contributed by atoms with van der Waals surface area (Å²) in [6, 6.07) is 3.71. The van der Waals surface area contributed by atoms with Crippen LogP contribution >= 0.6 is 23.2 Å². The highest BCUT2D eigenvalue weighted by molar-refractivity contribution is 6.45. The van der Waals surface area contributed by atoms with E-state index < -0.39 is 0 Å². The zero-order valence-electron chi connectivity index (χ0n) is 13.4. The van der Waals surface area contributed by atoms with Crippen LogP contribution in [0.15, 0.2) is 24.5 Å². The topological polar surface area (TPSA) is 73.9 Å². The summed E-state index contributed by atoms with van der Waals surface area (Å²) in [5.74, 6) is 0.0195. The number of hydrogen-bond acceptors (Lipinski definition) is 4. The molecule has 0 unspecified atom stereocenters. The minimum Gasteiger partial charge on any atom is -0.386 e. The van der Waals surface area contributed by atoms with Gasteiger partial charge in [-0.3, -0.25) is 4.79 Å². The van der Waals surface area contributed by atoms with E-state index in [-0.39, 0.29) is 11.7 Å². The summed E-state index contributed by atoms with van der Waals surface area (Å²) in [5.41, 5.74) is 3.75. The molecule has 1 aromatic carbocycles. The van der Waals surface area contributed by atoms with Gasteiger partial charge in [0, 0.05) is 43.2 Å². The fourth-order valence-electron chi connectivity index (χ4n) is 3.11. The molecule has 25 heavy (non-hydrogen) atoms. The van der Waals surface area contributed by atoms with Gasteiger partial charge in [0.25, 0.3) is 5.91 Å². The second-order valence-electron chi connectivity index (χ2n) is 5.89. The Kier molecular flexibility index (Phi) is 4.01. The fourth-order valence-corrected chi connectivity index (χ4v) is 3.48. The van der Waals surface area contributed by atoms with Gasteiger partial charge in [-0.05, 0) is 6.07 Å². The number of fused-ring (bicyclic) bond motifs is 3. The van der Waals surface area contributed by atoms with E-state index in [1.165, 1.54) is 0 Å². The van der Waals surface area contributed by atoms with Crippen LogP contribution in [0.25, 0.3) is 10.9 Å². The molecule has 2 N–H and O–H groups in total. The van der Waals surface area contributed by atoms with Crippen LogP contribution < -0.4 is 5.32 Å². The molecule has 3 heterocycles. The first-order chi connectivity index (χ1) is 12.1. The van der Waals surface area contributed by atoms with Crippen molar-refractivity contribution in [3.05, 3.63) is 51.7 Å². The molecule has 1 amide bonds. The molecule has 2 aromatic heterocycles. The largest absolute Gasteiger partial charge is 0.386 e. The molecule has 3 aromatic rings. The van der Waals surface area contributed by atoms with Crippen LogP contribution in [0.2, 0.25) is 10.0 Å². The quantitative estimate of drug-likeness (QED) is 0.718. The highest BCUT2D eigenvalue weighted by Crippen LogP contribution is 2.35. The van der Waals surface area contributed by atoms with E-state index in [0.717, 1.165) is 34.3 Å². The number of nitrogens with zero attached hydrogens (tertiary/aromatic N) is 3. The fraction of sp³-hybridized carbons (Fsp3) is 0.235. The van der Waals surface area contributed by atoms with Gasteiger partial charge in [0.15, 0.2) is 0 Å². The molecule has 0 spiro atoms. The van der Waals surface area contributed by atoms with Crippen molar-refractivity contribution in [3.63, 3.8) is 0 Å². The molecule has 0 saturated carbocycles. The third-order valence-corrected chi connectivity index (χ3v) is 5.26. The van der Waals surface area contributed by atoms with Crippen LogP contribution in [0.1, 0.15) is 21.9 Å². The smallest absolute Gasteiger partial charge is 0.291 e. The molecule has 0 bridgehead atoms. The Labute approximate surface area is 154 Å². The predicted molar refractivity (Wildman–Crippen MR) is 98.3 cm³/mol. The van der Waals surface area contributed by atoms with Crippen molar-refractivity contribution in [2.45, 2.75) is 13.0 Å². The lowest BCUT2D eigenvalue weighted by atomic mass is 10.0. The number of amides is 1. The molecule has 0 fully saturated rings. The van der Waals surface area contributed by atoms with Gasteiger partial charge in [0.2, 0.25) is 5.82 Å².